The molecule has 1 N–H and O–H groups in total. The first-order chi connectivity index (χ1) is 8.59. The minimum absolute atomic E-state index is 0.0330. The summed E-state index contributed by atoms with van der Waals surface area (Å²) < 4.78 is 7.44. The van der Waals surface area contributed by atoms with Crippen molar-refractivity contribution >= 4 is 17.7 Å². The second-order valence-corrected chi connectivity index (χ2v) is 5.32. The molecule has 0 spiro atoms. The number of aliphatic carboxylic acids is 1. The topological polar surface area (TPSA) is 64.4 Å². The average molecular weight is 272 g/mol. The van der Waals surface area contributed by atoms with Gasteiger partial charge in [-0.1, -0.05) is 25.6 Å². The maximum atomic E-state index is 10.5. The molecule has 0 aliphatic rings. The van der Waals surface area contributed by atoms with Gasteiger partial charge in [0.2, 0.25) is 0 Å². The highest BCUT2D eigenvalue weighted by atomic mass is 32.2. The highest BCUT2D eigenvalue weighted by molar-refractivity contribution is 7.99. The molecular formula is C12H20N2O3S. The van der Waals surface area contributed by atoms with E-state index in [4.69, 9.17) is 9.84 Å². The highest BCUT2D eigenvalue weighted by Gasteiger charge is 2.06. The summed E-state index contributed by atoms with van der Waals surface area (Å²) in [6.45, 7) is 6.44. The van der Waals surface area contributed by atoms with Crippen molar-refractivity contribution in [2.75, 3.05) is 19.0 Å². The van der Waals surface area contributed by atoms with Gasteiger partial charge in [-0.15, -0.1) is 0 Å². The zero-order chi connectivity index (χ0) is 13.4. The Morgan fingerprint density at radius 2 is 2.33 bits per heavy atom. The van der Waals surface area contributed by atoms with Gasteiger partial charge in [0.15, 0.2) is 5.16 Å². The fraction of sp³-hybridized carbons (Fsp3) is 0.667. The van der Waals surface area contributed by atoms with Crippen molar-refractivity contribution in [2.45, 2.75) is 32.0 Å². The number of imidazole rings is 1. The standard InChI is InChI=1S/C12H20N2O3S/c1-10(2)3-7-17-8-6-14-5-4-13-12(14)18-9-11(15)16/h4-5,10H,3,6-9H2,1-2H3,(H,15,16). The number of carboxylic acid groups (broad SMARTS) is 1. The van der Waals surface area contributed by atoms with Crippen molar-refractivity contribution in [3.63, 3.8) is 0 Å². The number of nitrogens with zero attached hydrogens (tertiary/aromatic N) is 2. The molecule has 102 valence electrons. The Kier molecular flexibility index (Phi) is 6.82. The van der Waals surface area contributed by atoms with E-state index in [2.05, 4.69) is 18.8 Å². The molecule has 6 heteroatoms. The Morgan fingerprint density at radius 1 is 1.56 bits per heavy atom. The monoisotopic (exact) mass is 272 g/mol. The normalized spacial score (nSPS) is 11.1. The van der Waals surface area contributed by atoms with Crippen molar-refractivity contribution in [3.8, 4) is 0 Å². The van der Waals surface area contributed by atoms with Gasteiger partial charge in [0.1, 0.15) is 0 Å². The van der Waals surface area contributed by atoms with Gasteiger partial charge in [-0.05, 0) is 12.3 Å². The average Bonchev–Trinajstić information content (AvgIpc) is 2.73. The van der Waals surface area contributed by atoms with Crippen LogP contribution in [-0.2, 0) is 16.1 Å². The molecule has 0 saturated carbocycles. The summed E-state index contributed by atoms with van der Waals surface area (Å²) in [5.41, 5.74) is 0. The zero-order valence-corrected chi connectivity index (χ0v) is 11.7. The van der Waals surface area contributed by atoms with Gasteiger partial charge in [0, 0.05) is 25.5 Å². The lowest BCUT2D eigenvalue weighted by Gasteiger charge is -2.08. The fourth-order valence-corrected chi connectivity index (χ4v) is 2.02. The molecule has 0 amide bonds. The van der Waals surface area contributed by atoms with E-state index in [-0.39, 0.29) is 5.75 Å². The van der Waals surface area contributed by atoms with Crippen LogP contribution in [0, 0.1) is 5.92 Å². The van der Waals surface area contributed by atoms with Gasteiger partial charge in [-0.25, -0.2) is 4.98 Å². The van der Waals surface area contributed by atoms with Crippen LogP contribution in [0.15, 0.2) is 17.6 Å². The number of carboxylic acids is 1. The maximum absolute atomic E-state index is 10.5. The summed E-state index contributed by atoms with van der Waals surface area (Å²) >= 11 is 1.23. The molecule has 0 fully saturated rings. The van der Waals surface area contributed by atoms with E-state index >= 15 is 0 Å². The lowest BCUT2D eigenvalue weighted by Crippen LogP contribution is -2.09. The van der Waals surface area contributed by atoms with Crippen molar-refractivity contribution in [2.24, 2.45) is 5.92 Å². The molecule has 1 aromatic rings. The smallest absolute Gasteiger partial charge is 0.313 e. The number of hydrogen-bond donors (Lipinski definition) is 1. The molecule has 0 saturated heterocycles. The molecule has 1 aromatic heterocycles. The molecule has 0 aliphatic heterocycles. The Bertz CT molecular complexity index is 366. The molecule has 0 unspecified atom stereocenters. The van der Waals surface area contributed by atoms with E-state index in [0.29, 0.717) is 19.1 Å². The van der Waals surface area contributed by atoms with Crippen molar-refractivity contribution in [1.82, 2.24) is 9.55 Å². The number of aromatic nitrogens is 2. The van der Waals surface area contributed by atoms with Crippen LogP contribution in [0.2, 0.25) is 0 Å². The number of carbonyl (C=O) groups is 1. The highest BCUT2D eigenvalue weighted by Crippen LogP contribution is 2.15. The molecule has 0 atom stereocenters. The van der Waals surface area contributed by atoms with E-state index in [1.807, 2.05) is 10.8 Å². The van der Waals surface area contributed by atoms with Crippen molar-refractivity contribution in [1.29, 1.82) is 0 Å². The molecule has 1 rings (SSSR count). The van der Waals surface area contributed by atoms with Crippen LogP contribution in [0.1, 0.15) is 20.3 Å². The van der Waals surface area contributed by atoms with E-state index in [1.54, 1.807) is 6.20 Å². The van der Waals surface area contributed by atoms with Crippen LogP contribution < -0.4 is 0 Å². The third-order valence-electron chi connectivity index (χ3n) is 2.32. The van der Waals surface area contributed by atoms with E-state index in [1.165, 1.54) is 11.8 Å². The summed E-state index contributed by atoms with van der Waals surface area (Å²) in [4.78, 5) is 14.6. The Hall–Kier alpha value is -1.01. The van der Waals surface area contributed by atoms with Gasteiger partial charge in [0.05, 0.1) is 12.4 Å². The Balaban J connectivity index is 2.25. The summed E-state index contributed by atoms with van der Waals surface area (Å²) in [5, 5.41) is 9.35. The van der Waals surface area contributed by atoms with E-state index in [0.717, 1.165) is 18.2 Å². The van der Waals surface area contributed by atoms with E-state index in [9.17, 15) is 4.79 Å². The second kappa shape index (κ2) is 8.16. The summed E-state index contributed by atoms with van der Waals surface area (Å²) in [7, 11) is 0. The summed E-state index contributed by atoms with van der Waals surface area (Å²) in [6.07, 6.45) is 4.58. The van der Waals surface area contributed by atoms with Gasteiger partial charge in [0.25, 0.3) is 0 Å². The first-order valence-corrected chi connectivity index (χ1v) is 7.01. The zero-order valence-electron chi connectivity index (χ0n) is 10.8. The summed E-state index contributed by atoms with van der Waals surface area (Å²) in [6, 6.07) is 0. The minimum Gasteiger partial charge on any atom is -0.481 e. The molecule has 0 aromatic carbocycles. The van der Waals surface area contributed by atoms with Crippen LogP contribution in [0.25, 0.3) is 0 Å². The maximum Gasteiger partial charge on any atom is 0.313 e. The third kappa shape index (κ3) is 6.07. The van der Waals surface area contributed by atoms with Crippen molar-refractivity contribution < 1.29 is 14.6 Å². The Morgan fingerprint density at radius 3 is 3.00 bits per heavy atom. The quantitative estimate of drug-likeness (QED) is 0.551. The number of ether oxygens (including phenoxy) is 1. The van der Waals surface area contributed by atoms with Gasteiger partial charge in [-0.2, -0.15) is 0 Å². The number of thioether (sulfide) groups is 1. The lowest BCUT2D eigenvalue weighted by molar-refractivity contribution is -0.133. The van der Waals surface area contributed by atoms with E-state index < -0.39 is 5.97 Å². The molecule has 1 heterocycles. The van der Waals surface area contributed by atoms with Crippen LogP contribution in [0.5, 0.6) is 0 Å². The van der Waals surface area contributed by atoms with Crippen LogP contribution in [0.3, 0.4) is 0 Å². The predicted molar refractivity (Wildman–Crippen MR) is 70.9 cm³/mol. The van der Waals surface area contributed by atoms with Gasteiger partial charge in [-0.3, -0.25) is 4.79 Å². The first-order valence-electron chi connectivity index (χ1n) is 6.03. The largest absolute Gasteiger partial charge is 0.481 e. The van der Waals surface area contributed by atoms with Gasteiger partial charge < -0.3 is 14.4 Å². The molecule has 0 aliphatic carbocycles. The number of rotatable bonds is 9. The molecule has 0 radical (unpaired) electrons. The molecule has 0 bridgehead atoms. The van der Waals surface area contributed by atoms with Crippen molar-refractivity contribution in [3.05, 3.63) is 12.4 Å². The first kappa shape index (κ1) is 15.0. The lowest BCUT2D eigenvalue weighted by atomic mass is 10.1. The molecular weight excluding hydrogens is 252 g/mol. The SMILES string of the molecule is CC(C)CCOCCn1ccnc1SCC(=O)O. The van der Waals surface area contributed by atoms with Crippen LogP contribution >= 0.6 is 11.8 Å². The molecule has 5 nitrogen and oxygen atoms in total. The van der Waals surface area contributed by atoms with Crippen LogP contribution in [-0.4, -0.2) is 39.6 Å². The predicted octanol–water partition coefficient (Wildman–Crippen LogP) is 2.12. The minimum atomic E-state index is -0.831. The second-order valence-electron chi connectivity index (χ2n) is 4.38. The van der Waals surface area contributed by atoms with Gasteiger partial charge >= 0.3 is 5.97 Å². The number of hydrogen-bond acceptors (Lipinski definition) is 4. The third-order valence-corrected chi connectivity index (χ3v) is 3.31. The molecule has 18 heavy (non-hydrogen) atoms. The van der Waals surface area contributed by atoms with Crippen LogP contribution in [0.4, 0.5) is 0 Å². The summed E-state index contributed by atoms with van der Waals surface area (Å²) in [5.74, 6) is -0.145. The fourth-order valence-electron chi connectivity index (χ4n) is 1.32. The Labute approximate surface area is 112 Å².